The molecule has 2 aromatic heterocycles. The highest BCUT2D eigenvalue weighted by molar-refractivity contribution is 7.79. The largest absolute Gasteiger partial charge is 0.768 e. The molecule has 0 saturated heterocycles. The summed E-state index contributed by atoms with van der Waals surface area (Å²) in [6.45, 7) is 1.57. The molecule has 0 spiro atoms. The van der Waals surface area contributed by atoms with Crippen molar-refractivity contribution in [2.75, 3.05) is 0 Å². The number of hydrogen-bond acceptors (Lipinski definition) is 7. The first-order chi connectivity index (χ1) is 19.1. The van der Waals surface area contributed by atoms with Crippen molar-refractivity contribution in [3.8, 4) is 45.3 Å². The minimum atomic E-state index is -3.80. The van der Waals surface area contributed by atoms with E-state index in [9.17, 15) is 26.3 Å². The molecule has 6 rings (SSSR count). The number of fused-ring (bicyclic) bond motifs is 1. The monoisotopic (exact) mass is 570 g/mol. The van der Waals surface area contributed by atoms with Crippen LogP contribution in [0.5, 0.6) is 11.5 Å². The molecule has 1 unspecified atom stereocenters. The number of hydrogen-bond donors (Lipinski definition) is 0. The number of ether oxygens (including phenoxy) is 2. The van der Waals surface area contributed by atoms with E-state index in [1.54, 1.807) is 37.3 Å². The second-order valence-corrected chi connectivity index (χ2v) is 9.65. The highest BCUT2D eigenvalue weighted by atomic mass is 32.2. The minimum Gasteiger partial charge on any atom is -0.768 e. The lowest BCUT2D eigenvalue weighted by atomic mass is 10.0. The van der Waals surface area contributed by atoms with Crippen molar-refractivity contribution in [3.05, 3.63) is 84.6 Å². The molecule has 0 fully saturated rings. The summed E-state index contributed by atoms with van der Waals surface area (Å²) in [6.07, 6.45) is -3.99. The second kappa shape index (κ2) is 9.57. The van der Waals surface area contributed by atoms with E-state index in [-0.39, 0.29) is 22.2 Å². The lowest BCUT2D eigenvalue weighted by Crippen LogP contribution is -2.25. The number of rotatable bonds is 6. The maximum Gasteiger partial charge on any atom is 0.586 e. The van der Waals surface area contributed by atoms with Gasteiger partial charge in [0.15, 0.2) is 11.5 Å². The van der Waals surface area contributed by atoms with Crippen LogP contribution >= 0.6 is 0 Å². The van der Waals surface area contributed by atoms with E-state index >= 15 is 0 Å². The van der Waals surface area contributed by atoms with Gasteiger partial charge in [-0.25, -0.2) is 18.4 Å². The Morgan fingerprint density at radius 3 is 2.45 bits per heavy atom. The van der Waals surface area contributed by atoms with Crippen LogP contribution in [-0.2, 0) is 11.1 Å². The zero-order valence-corrected chi connectivity index (χ0v) is 21.1. The molecule has 14 heteroatoms. The van der Waals surface area contributed by atoms with Crippen LogP contribution in [0.15, 0.2) is 78.0 Å². The van der Waals surface area contributed by atoms with Crippen LogP contribution in [-0.4, -0.2) is 39.6 Å². The summed E-state index contributed by atoms with van der Waals surface area (Å²) in [5.41, 5.74) is 2.27. The van der Waals surface area contributed by atoms with E-state index in [0.29, 0.717) is 33.8 Å². The lowest BCUT2D eigenvalue weighted by molar-refractivity contribution is -0.286. The van der Waals surface area contributed by atoms with Crippen LogP contribution in [0.25, 0.3) is 33.8 Å². The second-order valence-electron chi connectivity index (χ2n) is 8.71. The van der Waals surface area contributed by atoms with Gasteiger partial charge in [0.1, 0.15) is 11.5 Å². The summed E-state index contributed by atoms with van der Waals surface area (Å²) in [4.78, 5) is 4.03. The highest BCUT2D eigenvalue weighted by Gasteiger charge is 2.43. The Morgan fingerprint density at radius 1 is 0.950 bits per heavy atom. The summed E-state index contributed by atoms with van der Waals surface area (Å²) in [6, 6.07) is 15.5. The van der Waals surface area contributed by atoms with E-state index in [1.165, 1.54) is 52.0 Å². The predicted molar refractivity (Wildman–Crippen MR) is 132 cm³/mol. The van der Waals surface area contributed by atoms with Crippen molar-refractivity contribution in [2.24, 2.45) is 0 Å². The van der Waals surface area contributed by atoms with Gasteiger partial charge in [-0.2, -0.15) is 0 Å². The van der Waals surface area contributed by atoms with Crippen LogP contribution < -0.4 is 9.47 Å². The Balaban J connectivity index is 1.53. The van der Waals surface area contributed by atoms with Gasteiger partial charge in [0.2, 0.25) is 0 Å². The third kappa shape index (κ3) is 4.60. The van der Waals surface area contributed by atoms with Gasteiger partial charge < -0.3 is 18.6 Å². The molecule has 204 valence electrons. The average molecular weight is 571 g/mol. The van der Waals surface area contributed by atoms with Gasteiger partial charge in [-0.05, 0) is 71.6 Å². The number of nitrogens with zero attached hydrogens (tertiary/aromatic N) is 5. The summed E-state index contributed by atoms with van der Waals surface area (Å²) in [7, 11) is 0. The molecule has 5 aromatic rings. The molecule has 9 nitrogen and oxygen atoms in total. The summed E-state index contributed by atoms with van der Waals surface area (Å²) >= 11 is -2.46. The Hall–Kier alpha value is -4.56. The predicted octanol–water partition coefficient (Wildman–Crippen LogP) is 5.59. The first-order valence-electron chi connectivity index (χ1n) is 11.6. The molecule has 0 bridgehead atoms. The summed E-state index contributed by atoms with van der Waals surface area (Å²) in [5.74, 6) is -0.0432. The van der Waals surface area contributed by atoms with Crippen molar-refractivity contribution >= 4 is 11.1 Å². The molecule has 0 aliphatic carbocycles. The smallest absolute Gasteiger partial charge is 0.586 e. The SMILES string of the molecule is Cc1nc(C(F)F)cn1-c1ccc(-c2cccc(S(=O)[O-])c2)cc1-n1nncc1-c1ccc2c(c1)OC(F)(F)O2. The standard InChI is InChI=1S/C26H17F4N5O4S/c1-14-32-19(25(27)28)13-34(14)20-7-5-16(15-3-2-4-18(9-15)40(36)37)10-21(20)35-22(12-31-33-35)17-6-8-23-24(11-17)39-26(29,30)38-23/h2-13,25H,1H3,(H,36,37)/p-1. The average Bonchev–Trinajstić information content (AvgIpc) is 3.63. The third-order valence-electron chi connectivity index (χ3n) is 6.19. The lowest BCUT2D eigenvalue weighted by Gasteiger charge is -2.16. The number of aryl methyl sites for hydroxylation is 1. The van der Waals surface area contributed by atoms with Crippen LogP contribution in [0.3, 0.4) is 0 Å². The molecule has 0 amide bonds. The van der Waals surface area contributed by atoms with Gasteiger partial charge in [-0.3, -0.25) is 4.21 Å². The Kier molecular flexibility index (Phi) is 6.15. The molecule has 0 radical (unpaired) electrons. The molecule has 0 N–H and O–H groups in total. The molecular formula is C26H16F4N5O4S-. The fourth-order valence-corrected chi connectivity index (χ4v) is 4.83. The fourth-order valence-electron chi connectivity index (χ4n) is 4.42. The molecule has 1 atom stereocenters. The number of imidazole rings is 1. The van der Waals surface area contributed by atoms with Crippen molar-refractivity contribution in [3.63, 3.8) is 0 Å². The number of aromatic nitrogens is 5. The Labute approximate surface area is 225 Å². The van der Waals surface area contributed by atoms with Crippen molar-refractivity contribution in [1.29, 1.82) is 0 Å². The Bertz CT molecular complexity index is 1790. The van der Waals surface area contributed by atoms with E-state index < -0.39 is 29.5 Å². The van der Waals surface area contributed by atoms with Gasteiger partial charge in [0.25, 0.3) is 6.43 Å². The van der Waals surface area contributed by atoms with E-state index in [4.69, 9.17) is 0 Å². The van der Waals surface area contributed by atoms with E-state index in [2.05, 4.69) is 24.8 Å². The molecule has 0 saturated carbocycles. The number of halogens is 4. The van der Waals surface area contributed by atoms with E-state index in [0.717, 1.165) is 0 Å². The van der Waals surface area contributed by atoms with Crippen LogP contribution in [0.1, 0.15) is 17.9 Å². The topological polar surface area (TPSA) is 107 Å². The zero-order valence-electron chi connectivity index (χ0n) is 20.3. The van der Waals surface area contributed by atoms with Crippen molar-refractivity contribution < 1.29 is 35.8 Å². The molecule has 1 aliphatic rings. The first kappa shape index (κ1) is 25.7. The first-order valence-corrected chi connectivity index (χ1v) is 12.7. The number of alkyl halides is 4. The third-order valence-corrected chi connectivity index (χ3v) is 6.83. The fraction of sp³-hybridized carbons (Fsp3) is 0.115. The summed E-state index contributed by atoms with van der Waals surface area (Å²) < 4.78 is 89.1. The van der Waals surface area contributed by atoms with Gasteiger partial charge in [0, 0.05) is 16.7 Å². The van der Waals surface area contributed by atoms with Gasteiger partial charge in [0.05, 0.1) is 23.3 Å². The highest BCUT2D eigenvalue weighted by Crippen LogP contribution is 2.43. The molecule has 3 heterocycles. The van der Waals surface area contributed by atoms with E-state index in [1.807, 2.05) is 0 Å². The van der Waals surface area contributed by atoms with Crippen molar-refractivity contribution in [2.45, 2.75) is 24.5 Å². The van der Waals surface area contributed by atoms with Crippen LogP contribution in [0.4, 0.5) is 17.6 Å². The maximum atomic E-state index is 13.6. The van der Waals surface area contributed by atoms with Gasteiger partial charge in [-0.1, -0.05) is 23.4 Å². The quantitative estimate of drug-likeness (QED) is 0.193. The minimum absolute atomic E-state index is 0.0776. The molecule has 1 aliphatic heterocycles. The Morgan fingerprint density at radius 2 is 1.70 bits per heavy atom. The van der Waals surface area contributed by atoms with Crippen LogP contribution in [0, 0.1) is 6.92 Å². The normalized spacial score (nSPS) is 14.6. The van der Waals surface area contributed by atoms with Gasteiger partial charge >= 0.3 is 6.29 Å². The zero-order chi connectivity index (χ0) is 28.2. The molecule has 3 aromatic carbocycles. The van der Waals surface area contributed by atoms with Gasteiger partial charge in [-0.15, -0.1) is 13.9 Å². The maximum absolute atomic E-state index is 13.6. The molecule has 40 heavy (non-hydrogen) atoms. The molecular weight excluding hydrogens is 554 g/mol. The van der Waals surface area contributed by atoms with Crippen molar-refractivity contribution in [1.82, 2.24) is 24.5 Å². The summed E-state index contributed by atoms with van der Waals surface area (Å²) in [5, 5.41) is 8.18. The number of benzene rings is 3. The van der Waals surface area contributed by atoms with Crippen LogP contribution in [0.2, 0.25) is 0 Å².